The molecule has 0 aliphatic carbocycles. The lowest BCUT2D eigenvalue weighted by Gasteiger charge is -2.20. The van der Waals surface area contributed by atoms with Crippen LogP contribution in [0.4, 0.5) is 13.2 Å². The number of carbonyl (C=O) groups is 1. The van der Waals surface area contributed by atoms with Crippen LogP contribution in [0.2, 0.25) is 0 Å². The number of benzene rings is 3. The van der Waals surface area contributed by atoms with Crippen LogP contribution in [0, 0.1) is 20.8 Å². The van der Waals surface area contributed by atoms with E-state index in [1.165, 1.54) is 18.2 Å². The van der Waals surface area contributed by atoms with E-state index in [0.29, 0.717) is 5.56 Å². The van der Waals surface area contributed by atoms with Crippen molar-refractivity contribution in [1.29, 1.82) is 0 Å². The van der Waals surface area contributed by atoms with Crippen LogP contribution < -0.4 is 19.8 Å². The highest BCUT2D eigenvalue weighted by Crippen LogP contribution is 2.40. The molecule has 1 N–H and O–H groups in total. The number of fused-ring (bicyclic) bond motifs is 1. The molecule has 9 heteroatoms. The monoisotopic (exact) mass is 580 g/mol. The number of alkyl halides is 3. The molecule has 1 aliphatic rings. The summed E-state index contributed by atoms with van der Waals surface area (Å²) < 4.78 is 60.1. The maximum Gasteiger partial charge on any atom is 0.453 e. The van der Waals surface area contributed by atoms with E-state index in [-0.39, 0.29) is 34.6 Å². The molecule has 1 aromatic heterocycles. The second-order valence-corrected chi connectivity index (χ2v) is 11.0. The Hall–Kier alpha value is -4.11. The molecule has 0 spiro atoms. The van der Waals surface area contributed by atoms with Gasteiger partial charge < -0.3 is 18.8 Å². The number of hydrogen-bond acceptors (Lipinski definition) is 5. The maximum atomic E-state index is 14.4. The second kappa shape index (κ2) is 12.0. The molecular formula is C33H33F3NO5+. The van der Waals surface area contributed by atoms with Gasteiger partial charge in [0.1, 0.15) is 18.0 Å². The second-order valence-electron chi connectivity index (χ2n) is 11.0. The van der Waals surface area contributed by atoms with Crippen molar-refractivity contribution in [3.8, 4) is 17.2 Å². The first kappa shape index (κ1) is 29.4. The Morgan fingerprint density at radius 2 is 1.60 bits per heavy atom. The van der Waals surface area contributed by atoms with Gasteiger partial charge in [0.15, 0.2) is 5.58 Å². The first-order valence-corrected chi connectivity index (χ1v) is 14.1. The molecule has 0 amide bonds. The smallest absolute Gasteiger partial charge is 0.449 e. The van der Waals surface area contributed by atoms with Crippen molar-refractivity contribution in [2.75, 3.05) is 13.1 Å². The van der Waals surface area contributed by atoms with Crippen LogP contribution in [0.25, 0.3) is 11.0 Å². The third-order valence-electron chi connectivity index (χ3n) is 7.76. The van der Waals surface area contributed by atoms with Gasteiger partial charge in [-0.2, -0.15) is 13.2 Å². The average molecular weight is 581 g/mol. The number of esters is 1. The molecule has 0 atom stereocenters. The first-order chi connectivity index (χ1) is 20.0. The van der Waals surface area contributed by atoms with Crippen LogP contribution in [-0.2, 0) is 12.7 Å². The molecule has 3 aromatic carbocycles. The lowest BCUT2D eigenvalue weighted by atomic mass is 10.1. The quantitative estimate of drug-likeness (QED) is 0.203. The predicted octanol–water partition coefficient (Wildman–Crippen LogP) is 6.71. The van der Waals surface area contributed by atoms with Crippen LogP contribution >= 0.6 is 0 Å². The number of hydrogen-bond donors (Lipinski definition) is 1. The van der Waals surface area contributed by atoms with Crippen molar-refractivity contribution in [1.82, 2.24) is 0 Å². The van der Waals surface area contributed by atoms with Gasteiger partial charge in [0.2, 0.25) is 11.2 Å². The molecule has 6 nitrogen and oxygen atoms in total. The van der Waals surface area contributed by atoms with Gasteiger partial charge in [-0.1, -0.05) is 23.8 Å². The number of aryl methyl sites for hydroxylation is 3. The molecule has 42 heavy (non-hydrogen) atoms. The average Bonchev–Trinajstić information content (AvgIpc) is 3.22. The normalized spacial score (nSPS) is 14.5. The van der Waals surface area contributed by atoms with Gasteiger partial charge in [0.25, 0.3) is 5.76 Å². The lowest BCUT2D eigenvalue weighted by Crippen LogP contribution is -3.10. The van der Waals surface area contributed by atoms with Crippen molar-refractivity contribution in [3.05, 3.63) is 98.4 Å². The van der Waals surface area contributed by atoms with Gasteiger partial charge in [0.05, 0.1) is 29.6 Å². The van der Waals surface area contributed by atoms with Crippen molar-refractivity contribution < 1.29 is 36.8 Å². The largest absolute Gasteiger partial charge is 0.453 e. The fourth-order valence-corrected chi connectivity index (χ4v) is 5.22. The molecule has 2 heterocycles. The number of likely N-dealkylation sites (tertiary alicyclic amines) is 1. The van der Waals surface area contributed by atoms with Crippen LogP contribution in [-0.4, -0.2) is 19.1 Å². The minimum atomic E-state index is -5.02. The lowest BCUT2D eigenvalue weighted by molar-refractivity contribution is -0.913. The maximum absolute atomic E-state index is 14.4. The highest BCUT2D eigenvalue weighted by molar-refractivity contribution is 5.92. The van der Waals surface area contributed by atoms with Crippen LogP contribution in [0.3, 0.4) is 0 Å². The third-order valence-corrected chi connectivity index (χ3v) is 7.76. The molecule has 0 bridgehead atoms. The molecule has 0 unspecified atom stereocenters. The van der Waals surface area contributed by atoms with E-state index in [1.807, 2.05) is 13.8 Å². The van der Waals surface area contributed by atoms with Crippen molar-refractivity contribution in [2.45, 2.75) is 59.2 Å². The zero-order chi connectivity index (χ0) is 30.0. The van der Waals surface area contributed by atoms with Crippen molar-refractivity contribution in [3.63, 3.8) is 0 Å². The van der Waals surface area contributed by atoms with E-state index in [4.69, 9.17) is 13.9 Å². The van der Waals surface area contributed by atoms with Gasteiger partial charge in [-0.3, -0.25) is 4.79 Å². The van der Waals surface area contributed by atoms with Gasteiger partial charge in [-0.05, 0) is 94.0 Å². The molecule has 0 radical (unpaired) electrons. The summed E-state index contributed by atoms with van der Waals surface area (Å²) in [7, 11) is 0. The summed E-state index contributed by atoms with van der Waals surface area (Å²) in [6.45, 7) is 7.37. The van der Waals surface area contributed by atoms with Crippen LogP contribution in [0.1, 0.15) is 64.1 Å². The molecule has 220 valence electrons. The third kappa shape index (κ3) is 6.36. The Morgan fingerprint density at radius 3 is 2.24 bits per heavy atom. The van der Waals surface area contributed by atoms with E-state index in [9.17, 15) is 22.8 Å². The summed E-state index contributed by atoms with van der Waals surface area (Å²) in [4.78, 5) is 27.8. The standard InChI is InChI=1S/C33H32F3NO5/c1-20-8-11-23(12-9-20)32(39)41-27-15-14-25-28(38)30(40-24-13-10-21(2)22(3)18-24)31(33(34,35)36)42-29(25)26(27)19-37-16-6-4-5-7-17-37/h8-15,18H,4-7,16-17,19H2,1-3H3/p+1. The highest BCUT2D eigenvalue weighted by atomic mass is 19.4. The molecule has 1 aliphatic heterocycles. The van der Waals surface area contributed by atoms with Gasteiger partial charge >= 0.3 is 12.1 Å². The van der Waals surface area contributed by atoms with E-state index < -0.39 is 29.1 Å². The van der Waals surface area contributed by atoms with E-state index in [1.54, 1.807) is 43.3 Å². The summed E-state index contributed by atoms with van der Waals surface area (Å²) >= 11 is 0. The minimum Gasteiger partial charge on any atom is -0.449 e. The molecule has 1 fully saturated rings. The summed E-state index contributed by atoms with van der Waals surface area (Å²) in [6.07, 6.45) is -0.958. The molecule has 4 aromatic rings. The van der Waals surface area contributed by atoms with E-state index in [0.717, 1.165) is 60.4 Å². The Labute approximate surface area is 241 Å². The zero-order valence-corrected chi connectivity index (χ0v) is 23.8. The number of ether oxygens (including phenoxy) is 2. The summed E-state index contributed by atoms with van der Waals surface area (Å²) in [5.41, 5.74) is 2.01. The molecular weight excluding hydrogens is 547 g/mol. The fourth-order valence-electron chi connectivity index (χ4n) is 5.22. The molecule has 5 rings (SSSR count). The Morgan fingerprint density at radius 1 is 0.905 bits per heavy atom. The fraction of sp³-hybridized carbons (Fsp3) is 0.333. The topological polar surface area (TPSA) is 70.2 Å². The van der Waals surface area contributed by atoms with Crippen LogP contribution in [0.15, 0.2) is 63.8 Å². The Balaban J connectivity index is 1.66. The van der Waals surface area contributed by atoms with Crippen molar-refractivity contribution in [2.24, 2.45) is 0 Å². The number of halogens is 3. The predicted molar refractivity (Wildman–Crippen MR) is 152 cm³/mol. The number of quaternary nitrogens is 1. The number of rotatable bonds is 6. The van der Waals surface area contributed by atoms with Crippen LogP contribution in [0.5, 0.6) is 17.2 Å². The Bertz CT molecular complexity index is 1670. The molecule has 1 saturated heterocycles. The highest BCUT2D eigenvalue weighted by Gasteiger charge is 2.41. The zero-order valence-electron chi connectivity index (χ0n) is 23.8. The van der Waals surface area contributed by atoms with Crippen molar-refractivity contribution >= 4 is 16.9 Å². The van der Waals surface area contributed by atoms with Gasteiger partial charge in [0, 0.05) is 0 Å². The van der Waals surface area contributed by atoms with E-state index >= 15 is 0 Å². The Kier molecular flexibility index (Phi) is 8.41. The van der Waals surface area contributed by atoms with Gasteiger partial charge in [-0.25, -0.2) is 4.79 Å². The number of nitrogens with one attached hydrogen (secondary N) is 1. The molecule has 0 saturated carbocycles. The van der Waals surface area contributed by atoms with E-state index in [2.05, 4.69) is 0 Å². The summed E-state index contributed by atoms with van der Waals surface area (Å²) in [5, 5.41) is -0.0822. The minimum absolute atomic E-state index is 0.0592. The number of carbonyl (C=O) groups excluding carboxylic acids is 1. The summed E-state index contributed by atoms with van der Waals surface area (Å²) in [5.74, 6) is -2.98. The first-order valence-electron chi connectivity index (χ1n) is 14.1. The SMILES string of the molecule is Cc1ccc(C(=O)Oc2ccc3c(=O)c(Oc4ccc(C)c(C)c4)c(C(F)(F)F)oc3c2C[NH+]2CCCCCC2)cc1. The van der Waals surface area contributed by atoms with Gasteiger partial charge in [-0.15, -0.1) is 0 Å². The summed E-state index contributed by atoms with van der Waals surface area (Å²) in [6, 6.07) is 14.3.